The van der Waals surface area contributed by atoms with Gasteiger partial charge in [0.05, 0.1) is 6.42 Å². The molecule has 0 radical (unpaired) electrons. The first-order chi connectivity index (χ1) is 8.54. The first kappa shape index (κ1) is 13.2. The molecule has 1 aromatic carbocycles. The molecule has 100 valence electrons. The van der Waals surface area contributed by atoms with Crippen molar-refractivity contribution in [3.63, 3.8) is 0 Å². The predicted molar refractivity (Wildman–Crippen MR) is 65.7 cm³/mol. The molecule has 2 nitrogen and oxygen atoms in total. The molecular weight excluding hydrogens is 241 g/mol. The van der Waals surface area contributed by atoms with Crippen LogP contribution < -0.4 is 10.6 Å². The van der Waals surface area contributed by atoms with E-state index in [2.05, 4.69) is 16.7 Å². The number of halogens is 3. The van der Waals surface area contributed by atoms with E-state index in [1.165, 1.54) is 5.56 Å². The molecule has 2 N–H and O–H groups in total. The average molecular weight is 258 g/mol. The Balaban J connectivity index is 1.73. The Kier molecular flexibility index (Phi) is 4.11. The molecule has 0 amide bonds. The fourth-order valence-corrected chi connectivity index (χ4v) is 2.19. The van der Waals surface area contributed by atoms with Gasteiger partial charge in [-0.15, -0.1) is 0 Å². The maximum absolute atomic E-state index is 12.0. The standard InChI is InChI=1S/C13H17F3N2/c14-13(15,16)5-6-17-8-10-7-11-3-1-2-4-12(11)18-9-10/h1-4,10,17-18H,5-9H2. The van der Waals surface area contributed by atoms with Gasteiger partial charge in [-0.3, -0.25) is 0 Å². The minimum Gasteiger partial charge on any atom is -0.384 e. The van der Waals surface area contributed by atoms with E-state index in [0.717, 1.165) is 18.7 Å². The van der Waals surface area contributed by atoms with Gasteiger partial charge in [0.2, 0.25) is 0 Å². The lowest BCUT2D eigenvalue weighted by molar-refractivity contribution is -0.133. The molecule has 0 saturated carbocycles. The second kappa shape index (κ2) is 5.61. The maximum Gasteiger partial charge on any atom is 0.390 e. The van der Waals surface area contributed by atoms with Gasteiger partial charge in [-0.05, 0) is 30.5 Å². The number of para-hydroxylation sites is 1. The zero-order valence-corrected chi connectivity index (χ0v) is 10.1. The van der Waals surface area contributed by atoms with Crippen LogP contribution >= 0.6 is 0 Å². The van der Waals surface area contributed by atoms with Crippen molar-refractivity contribution in [1.29, 1.82) is 0 Å². The van der Waals surface area contributed by atoms with Crippen molar-refractivity contribution in [2.45, 2.75) is 19.0 Å². The van der Waals surface area contributed by atoms with Gasteiger partial charge in [0.15, 0.2) is 0 Å². The van der Waals surface area contributed by atoms with Crippen molar-refractivity contribution in [3.8, 4) is 0 Å². The first-order valence-corrected chi connectivity index (χ1v) is 6.14. The molecule has 0 spiro atoms. The summed E-state index contributed by atoms with van der Waals surface area (Å²) < 4.78 is 35.9. The quantitative estimate of drug-likeness (QED) is 0.811. The third kappa shape index (κ3) is 3.91. The van der Waals surface area contributed by atoms with Crippen LogP contribution in [0.15, 0.2) is 24.3 Å². The third-order valence-corrected chi connectivity index (χ3v) is 3.13. The summed E-state index contributed by atoms with van der Waals surface area (Å²) >= 11 is 0. The van der Waals surface area contributed by atoms with Crippen LogP contribution in [0, 0.1) is 5.92 Å². The summed E-state index contributed by atoms with van der Waals surface area (Å²) in [4.78, 5) is 0. The highest BCUT2D eigenvalue weighted by Gasteiger charge is 2.26. The summed E-state index contributed by atoms with van der Waals surface area (Å²) in [5.41, 5.74) is 2.38. The van der Waals surface area contributed by atoms with Crippen LogP contribution in [0.1, 0.15) is 12.0 Å². The van der Waals surface area contributed by atoms with E-state index in [0.29, 0.717) is 12.5 Å². The molecule has 0 aliphatic carbocycles. The molecular formula is C13H17F3N2. The van der Waals surface area contributed by atoms with Crippen LogP contribution in [0.3, 0.4) is 0 Å². The highest BCUT2D eigenvalue weighted by molar-refractivity contribution is 5.53. The van der Waals surface area contributed by atoms with E-state index in [4.69, 9.17) is 0 Å². The fourth-order valence-electron chi connectivity index (χ4n) is 2.19. The molecule has 1 aromatic rings. The fraction of sp³-hybridized carbons (Fsp3) is 0.538. The van der Waals surface area contributed by atoms with Crippen molar-refractivity contribution in [1.82, 2.24) is 5.32 Å². The molecule has 0 bridgehead atoms. The Hall–Kier alpha value is -1.23. The lowest BCUT2D eigenvalue weighted by Gasteiger charge is -2.26. The lowest BCUT2D eigenvalue weighted by Crippen LogP contribution is -2.34. The van der Waals surface area contributed by atoms with Gasteiger partial charge in [0, 0.05) is 18.8 Å². The summed E-state index contributed by atoms with van der Waals surface area (Å²) in [5, 5.41) is 6.19. The van der Waals surface area contributed by atoms with Crippen LogP contribution in [0.4, 0.5) is 18.9 Å². The van der Waals surface area contributed by atoms with E-state index in [-0.39, 0.29) is 6.54 Å². The monoisotopic (exact) mass is 258 g/mol. The number of anilines is 1. The van der Waals surface area contributed by atoms with Gasteiger partial charge in [-0.2, -0.15) is 13.2 Å². The molecule has 1 atom stereocenters. The van der Waals surface area contributed by atoms with Crippen molar-refractivity contribution >= 4 is 5.69 Å². The second-order valence-corrected chi connectivity index (χ2v) is 4.68. The van der Waals surface area contributed by atoms with Crippen LogP contribution in [0.2, 0.25) is 0 Å². The smallest absolute Gasteiger partial charge is 0.384 e. The number of fused-ring (bicyclic) bond motifs is 1. The molecule has 0 fully saturated rings. The summed E-state index contributed by atoms with van der Waals surface area (Å²) in [5.74, 6) is 0.355. The van der Waals surface area contributed by atoms with Crippen LogP contribution in [-0.2, 0) is 6.42 Å². The molecule has 1 unspecified atom stereocenters. The number of benzene rings is 1. The minimum atomic E-state index is -4.07. The normalized spacial score (nSPS) is 19.2. The number of nitrogens with one attached hydrogen (secondary N) is 2. The van der Waals surface area contributed by atoms with Gasteiger partial charge < -0.3 is 10.6 Å². The number of rotatable bonds is 4. The molecule has 2 rings (SSSR count). The van der Waals surface area contributed by atoms with Crippen LogP contribution in [0.25, 0.3) is 0 Å². The molecule has 1 heterocycles. The van der Waals surface area contributed by atoms with Gasteiger partial charge in [-0.1, -0.05) is 18.2 Å². The Morgan fingerprint density at radius 3 is 2.83 bits per heavy atom. The van der Waals surface area contributed by atoms with Crippen molar-refractivity contribution in [2.24, 2.45) is 5.92 Å². The zero-order chi connectivity index (χ0) is 13.0. The minimum absolute atomic E-state index is 0.00163. The third-order valence-electron chi connectivity index (χ3n) is 3.13. The molecule has 1 aliphatic heterocycles. The molecule has 0 aromatic heterocycles. The first-order valence-electron chi connectivity index (χ1n) is 6.14. The lowest BCUT2D eigenvalue weighted by atomic mass is 9.94. The SMILES string of the molecule is FC(F)(F)CCNCC1CNc2ccccc2C1. The largest absolute Gasteiger partial charge is 0.390 e. The van der Waals surface area contributed by atoms with Gasteiger partial charge in [-0.25, -0.2) is 0 Å². The summed E-state index contributed by atoms with van der Waals surface area (Å²) in [6.07, 6.45) is -3.91. The summed E-state index contributed by atoms with van der Waals surface area (Å²) in [6.45, 7) is 1.44. The zero-order valence-electron chi connectivity index (χ0n) is 10.1. The number of alkyl halides is 3. The topological polar surface area (TPSA) is 24.1 Å². The molecule has 18 heavy (non-hydrogen) atoms. The van der Waals surface area contributed by atoms with Gasteiger partial charge in [0.25, 0.3) is 0 Å². The predicted octanol–water partition coefficient (Wildman–Crippen LogP) is 2.81. The highest BCUT2D eigenvalue weighted by Crippen LogP contribution is 2.24. The van der Waals surface area contributed by atoms with Crippen molar-refractivity contribution in [2.75, 3.05) is 25.0 Å². The van der Waals surface area contributed by atoms with E-state index < -0.39 is 12.6 Å². The Bertz CT molecular complexity index is 390. The van der Waals surface area contributed by atoms with Gasteiger partial charge >= 0.3 is 6.18 Å². The molecule has 1 aliphatic rings. The molecule has 0 saturated heterocycles. The Morgan fingerprint density at radius 2 is 2.06 bits per heavy atom. The van der Waals surface area contributed by atoms with E-state index >= 15 is 0 Å². The summed E-state index contributed by atoms with van der Waals surface area (Å²) in [7, 11) is 0. The van der Waals surface area contributed by atoms with Crippen LogP contribution in [-0.4, -0.2) is 25.8 Å². The highest BCUT2D eigenvalue weighted by atomic mass is 19.4. The second-order valence-electron chi connectivity index (χ2n) is 4.68. The number of hydrogen-bond acceptors (Lipinski definition) is 2. The maximum atomic E-state index is 12.0. The number of hydrogen-bond donors (Lipinski definition) is 2. The Labute approximate surface area is 105 Å². The van der Waals surface area contributed by atoms with Gasteiger partial charge in [0.1, 0.15) is 0 Å². The van der Waals surface area contributed by atoms with Crippen molar-refractivity contribution in [3.05, 3.63) is 29.8 Å². The van der Waals surface area contributed by atoms with Crippen molar-refractivity contribution < 1.29 is 13.2 Å². The van der Waals surface area contributed by atoms with Crippen LogP contribution in [0.5, 0.6) is 0 Å². The Morgan fingerprint density at radius 1 is 1.28 bits per heavy atom. The van der Waals surface area contributed by atoms with E-state index in [1.54, 1.807) is 0 Å². The summed E-state index contributed by atoms with van der Waals surface area (Å²) in [6, 6.07) is 8.06. The molecule has 5 heteroatoms. The average Bonchev–Trinajstić information content (AvgIpc) is 2.33. The van der Waals surface area contributed by atoms with E-state index in [9.17, 15) is 13.2 Å². The van der Waals surface area contributed by atoms with E-state index in [1.807, 2.05) is 18.2 Å².